The highest BCUT2D eigenvalue weighted by atomic mass is 79.9. The van der Waals surface area contributed by atoms with E-state index < -0.39 is 0 Å². The van der Waals surface area contributed by atoms with Crippen LogP contribution in [0.1, 0.15) is 12.5 Å². The normalized spacial score (nSPS) is 12.9. The van der Waals surface area contributed by atoms with Crippen LogP contribution in [-0.4, -0.2) is 17.8 Å². The van der Waals surface area contributed by atoms with Crippen molar-refractivity contribution in [2.24, 2.45) is 0 Å². The van der Waals surface area contributed by atoms with Crippen LogP contribution in [-0.2, 0) is 6.54 Å². The van der Waals surface area contributed by atoms with Crippen LogP contribution in [0, 0.1) is 0 Å². The summed E-state index contributed by atoms with van der Waals surface area (Å²) in [4.78, 5) is 0. The molecule has 1 aromatic carbocycles. The Morgan fingerprint density at radius 2 is 2.29 bits per heavy atom. The molecule has 1 aromatic rings. The summed E-state index contributed by atoms with van der Waals surface area (Å²) in [6.07, 6.45) is 0. The summed E-state index contributed by atoms with van der Waals surface area (Å²) in [6.45, 7) is 2.82. The minimum absolute atomic E-state index is 0.115. The number of rotatable bonds is 4. The number of aliphatic hydroxyl groups excluding tert-OH is 1. The Kier molecular flexibility index (Phi) is 4.89. The van der Waals surface area contributed by atoms with Crippen LogP contribution in [0.2, 0.25) is 5.02 Å². The number of benzene rings is 1. The van der Waals surface area contributed by atoms with E-state index in [1.165, 1.54) is 0 Å². The van der Waals surface area contributed by atoms with E-state index in [-0.39, 0.29) is 12.6 Å². The molecule has 0 heterocycles. The molecule has 0 bridgehead atoms. The minimum atomic E-state index is 0.115. The molecule has 0 saturated heterocycles. The molecule has 2 nitrogen and oxygen atoms in total. The molecular formula is C10H13BrClNO. The second-order valence-electron chi connectivity index (χ2n) is 3.21. The molecule has 14 heavy (non-hydrogen) atoms. The summed E-state index contributed by atoms with van der Waals surface area (Å²) in [5.41, 5.74) is 1.14. The number of halogens is 2. The molecule has 0 aliphatic heterocycles. The highest BCUT2D eigenvalue weighted by Gasteiger charge is 2.01. The molecule has 0 aromatic heterocycles. The van der Waals surface area contributed by atoms with Crippen molar-refractivity contribution < 1.29 is 5.11 Å². The third kappa shape index (κ3) is 3.58. The van der Waals surface area contributed by atoms with Gasteiger partial charge in [-0.3, -0.25) is 0 Å². The van der Waals surface area contributed by atoms with Crippen LogP contribution in [0.3, 0.4) is 0 Å². The first-order valence-corrected chi connectivity index (χ1v) is 5.58. The average molecular weight is 279 g/mol. The summed E-state index contributed by atoms with van der Waals surface area (Å²) in [5, 5.41) is 12.7. The fourth-order valence-electron chi connectivity index (χ4n) is 1.01. The van der Waals surface area contributed by atoms with Gasteiger partial charge in [0.1, 0.15) is 0 Å². The minimum Gasteiger partial charge on any atom is -0.395 e. The Morgan fingerprint density at radius 3 is 2.86 bits per heavy atom. The number of aliphatic hydroxyl groups is 1. The summed E-state index contributed by atoms with van der Waals surface area (Å²) >= 11 is 9.22. The zero-order valence-corrected chi connectivity index (χ0v) is 10.3. The second-order valence-corrected chi connectivity index (χ2v) is 4.47. The topological polar surface area (TPSA) is 32.3 Å². The third-order valence-corrected chi connectivity index (χ3v) is 3.13. The maximum absolute atomic E-state index is 8.82. The molecule has 4 heteroatoms. The number of hydrogen-bond acceptors (Lipinski definition) is 2. The monoisotopic (exact) mass is 277 g/mol. The van der Waals surface area contributed by atoms with Crippen molar-refractivity contribution in [1.82, 2.24) is 5.32 Å². The van der Waals surface area contributed by atoms with Gasteiger partial charge in [-0.15, -0.1) is 0 Å². The van der Waals surface area contributed by atoms with Gasteiger partial charge in [0.05, 0.1) is 11.6 Å². The Morgan fingerprint density at radius 1 is 1.57 bits per heavy atom. The summed E-state index contributed by atoms with van der Waals surface area (Å²) in [6, 6.07) is 5.90. The van der Waals surface area contributed by atoms with Crippen molar-refractivity contribution in [2.45, 2.75) is 19.5 Å². The summed E-state index contributed by atoms with van der Waals surface area (Å²) in [5.74, 6) is 0. The Hall–Kier alpha value is -0.0900. The Labute approximate surface area is 97.4 Å². The van der Waals surface area contributed by atoms with Gasteiger partial charge in [-0.05, 0) is 40.5 Å². The van der Waals surface area contributed by atoms with E-state index in [9.17, 15) is 0 Å². The maximum Gasteiger partial charge on any atom is 0.0582 e. The summed E-state index contributed by atoms with van der Waals surface area (Å²) < 4.78 is 0.898. The molecule has 0 amide bonds. The van der Waals surface area contributed by atoms with Gasteiger partial charge in [-0.1, -0.05) is 17.7 Å². The standard InChI is InChI=1S/C10H13BrClNO/c1-7(6-14)13-5-8-2-3-10(12)9(11)4-8/h2-4,7,13-14H,5-6H2,1H3. The predicted octanol–water partition coefficient (Wildman–Crippen LogP) is 2.57. The molecule has 1 unspecified atom stereocenters. The molecule has 1 atom stereocenters. The van der Waals surface area contributed by atoms with Crippen LogP contribution in [0.5, 0.6) is 0 Å². The molecule has 2 N–H and O–H groups in total. The molecular weight excluding hydrogens is 265 g/mol. The largest absolute Gasteiger partial charge is 0.395 e. The van der Waals surface area contributed by atoms with Crippen molar-refractivity contribution in [3.63, 3.8) is 0 Å². The van der Waals surface area contributed by atoms with Crippen molar-refractivity contribution in [2.75, 3.05) is 6.61 Å². The lowest BCUT2D eigenvalue weighted by Crippen LogP contribution is -2.28. The lowest BCUT2D eigenvalue weighted by molar-refractivity contribution is 0.251. The Balaban J connectivity index is 2.55. The highest BCUT2D eigenvalue weighted by molar-refractivity contribution is 9.10. The van der Waals surface area contributed by atoms with Gasteiger partial charge in [-0.2, -0.15) is 0 Å². The first-order valence-electron chi connectivity index (χ1n) is 4.41. The van der Waals surface area contributed by atoms with Gasteiger partial charge in [0.25, 0.3) is 0 Å². The van der Waals surface area contributed by atoms with E-state index in [2.05, 4.69) is 21.2 Å². The lowest BCUT2D eigenvalue weighted by Gasteiger charge is -2.10. The average Bonchev–Trinajstić information content (AvgIpc) is 2.19. The first kappa shape index (κ1) is 12.0. The van der Waals surface area contributed by atoms with Crippen LogP contribution >= 0.6 is 27.5 Å². The van der Waals surface area contributed by atoms with Crippen LogP contribution in [0.4, 0.5) is 0 Å². The van der Waals surface area contributed by atoms with Crippen molar-refractivity contribution in [1.29, 1.82) is 0 Å². The molecule has 78 valence electrons. The van der Waals surface area contributed by atoms with Gasteiger partial charge >= 0.3 is 0 Å². The fraction of sp³-hybridized carbons (Fsp3) is 0.400. The smallest absolute Gasteiger partial charge is 0.0582 e. The van der Waals surface area contributed by atoms with E-state index in [0.29, 0.717) is 5.02 Å². The zero-order chi connectivity index (χ0) is 10.6. The van der Waals surface area contributed by atoms with Crippen molar-refractivity contribution >= 4 is 27.5 Å². The van der Waals surface area contributed by atoms with Gasteiger partial charge < -0.3 is 10.4 Å². The number of nitrogens with one attached hydrogen (secondary N) is 1. The van der Waals surface area contributed by atoms with Gasteiger partial charge in [0, 0.05) is 17.1 Å². The number of hydrogen-bond donors (Lipinski definition) is 2. The SMILES string of the molecule is CC(CO)NCc1ccc(Cl)c(Br)c1. The molecule has 0 fully saturated rings. The van der Waals surface area contributed by atoms with Crippen molar-refractivity contribution in [3.8, 4) is 0 Å². The Bertz CT molecular complexity index is 306. The van der Waals surface area contributed by atoms with Gasteiger partial charge in [0.15, 0.2) is 0 Å². The van der Waals surface area contributed by atoms with Crippen LogP contribution in [0.15, 0.2) is 22.7 Å². The molecule has 1 rings (SSSR count). The van der Waals surface area contributed by atoms with Crippen LogP contribution in [0.25, 0.3) is 0 Å². The van der Waals surface area contributed by atoms with E-state index >= 15 is 0 Å². The van der Waals surface area contributed by atoms with Gasteiger partial charge in [-0.25, -0.2) is 0 Å². The van der Waals surface area contributed by atoms with Gasteiger partial charge in [0.2, 0.25) is 0 Å². The molecule has 0 aliphatic carbocycles. The molecule has 0 saturated carbocycles. The molecule has 0 spiro atoms. The van der Waals surface area contributed by atoms with E-state index in [0.717, 1.165) is 16.6 Å². The lowest BCUT2D eigenvalue weighted by atomic mass is 10.2. The zero-order valence-electron chi connectivity index (χ0n) is 7.93. The molecule has 0 radical (unpaired) electrons. The molecule has 0 aliphatic rings. The first-order chi connectivity index (χ1) is 6.63. The van der Waals surface area contributed by atoms with Crippen LogP contribution < -0.4 is 5.32 Å². The highest BCUT2D eigenvalue weighted by Crippen LogP contribution is 2.23. The second kappa shape index (κ2) is 5.71. The maximum atomic E-state index is 8.82. The van der Waals surface area contributed by atoms with Crippen molar-refractivity contribution in [3.05, 3.63) is 33.3 Å². The van der Waals surface area contributed by atoms with E-state index in [4.69, 9.17) is 16.7 Å². The van der Waals surface area contributed by atoms with E-state index in [1.807, 2.05) is 25.1 Å². The quantitative estimate of drug-likeness (QED) is 0.887. The summed E-state index contributed by atoms with van der Waals surface area (Å²) in [7, 11) is 0. The third-order valence-electron chi connectivity index (χ3n) is 1.91. The fourth-order valence-corrected chi connectivity index (χ4v) is 1.55. The predicted molar refractivity (Wildman–Crippen MR) is 62.5 cm³/mol. The van der Waals surface area contributed by atoms with E-state index in [1.54, 1.807) is 0 Å².